The van der Waals surface area contributed by atoms with Crippen LogP contribution in [0.15, 0.2) is 0 Å². The molecule has 96 heavy (non-hydrogen) atoms. The molecular weight excluding hydrogens is 1150 g/mol. The average Bonchev–Trinajstić information content (AvgIpc) is 2.18. The lowest BCUT2D eigenvalue weighted by Crippen LogP contribution is -2.15. The Morgan fingerprint density at radius 2 is 0.302 bits per heavy atom. The minimum absolute atomic E-state index is 0.548. The first-order chi connectivity index (χ1) is 44.6. The highest BCUT2D eigenvalue weighted by molar-refractivity contribution is 4.78. The van der Waals surface area contributed by atoms with Gasteiger partial charge in [0.2, 0.25) is 0 Å². The number of rotatable bonds is 20. The highest BCUT2D eigenvalue weighted by atomic mass is 14.3. The van der Waals surface area contributed by atoms with Gasteiger partial charge in [-0.05, 0) is 155 Å². The van der Waals surface area contributed by atoms with Crippen LogP contribution in [-0.2, 0) is 0 Å². The van der Waals surface area contributed by atoms with Crippen LogP contribution >= 0.6 is 0 Å². The molecule has 8 rings (SSSR count). The van der Waals surface area contributed by atoms with Gasteiger partial charge in [-0.2, -0.15) is 0 Å². The van der Waals surface area contributed by atoms with Crippen molar-refractivity contribution in [2.75, 3.05) is 0 Å². The van der Waals surface area contributed by atoms with E-state index in [1.807, 2.05) is 0 Å². The van der Waals surface area contributed by atoms with Crippen LogP contribution in [0.2, 0.25) is 0 Å². The summed E-state index contributed by atoms with van der Waals surface area (Å²) in [5.41, 5.74) is 4.44. The molecule has 0 radical (unpaired) electrons. The van der Waals surface area contributed by atoms with Gasteiger partial charge in [-0.15, -0.1) is 0 Å². The Balaban J connectivity index is 0.000000550. The maximum Gasteiger partial charge on any atom is -0.0380 e. The highest BCUT2D eigenvalue weighted by Gasteiger charge is 2.25. The van der Waals surface area contributed by atoms with Crippen LogP contribution in [0, 0.1) is 90.7 Å². The van der Waals surface area contributed by atoms with Gasteiger partial charge < -0.3 is 0 Å². The Hall–Kier alpha value is 0. The van der Waals surface area contributed by atoms with Gasteiger partial charge >= 0.3 is 0 Å². The molecule has 0 aromatic rings. The lowest BCUT2D eigenvalue weighted by atomic mass is 9.78. The van der Waals surface area contributed by atoms with Crippen molar-refractivity contribution in [2.45, 2.75) is 526 Å². The SMILES string of the molecule is CC(C)(C)CC1CCCC1.CC(C)(C)CC1CCCCC1.CC(C)(C)CCC1CCCC1.CC(C)(C)CCC1CCCCC1.CC(C)(C)CCCC1CCCC1.CC(C)(C)CCCC1CCCCC1.CC(C)(C)CCCCC1CCCC1.CC(C)(C)CCCCC1CCCCC1. The predicted octanol–water partition coefficient (Wildman–Crippen LogP) is 35.1. The Bertz CT molecular complexity index is 1670. The summed E-state index contributed by atoms with van der Waals surface area (Å²) in [6.07, 6.45) is 83.1. The van der Waals surface area contributed by atoms with Gasteiger partial charge in [0.25, 0.3) is 0 Å². The van der Waals surface area contributed by atoms with Crippen molar-refractivity contribution in [2.24, 2.45) is 90.7 Å². The van der Waals surface area contributed by atoms with Crippen LogP contribution in [0.5, 0.6) is 0 Å². The summed E-state index contributed by atoms with van der Waals surface area (Å²) in [5.74, 6) is 8.60. The Labute approximate surface area is 612 Å². The molecule has 0 atom stereocenters. The van der Waals surface area contributed by atoms with Crippen molar-refractivity contribution in [3.63, 3.8) is 0 Å². The van der Waals surface area contributed by atoms with E-state index in [1.54, 1.807) is 0 Å². The van der Waals surface area contributed by atoms with Gasteiger partial charge in [0.15, 0.2) is 0 Å². The Morgan fingerprint density at radius 3 is 0.490 bits per heavy atom. The van der Waals surface area contributed by atoms with Gasteiger partial charge in [-0.25, -0.2) is 0 Å². The van der Waals surface area contributed by atoms with Crippen LogP contribution in [0.1, 0.15) is 526 Å². The van der Waals surface area contributed by atoms with Crippen LogP contribution < -0.4 is 0 Å². The normalized spacial score (nSPS) is 20.8. The maximum absolute atomic E-state index is 2.36. The molecule has 0 N–H and O–H groups in total. The lowest BCUT2D eigenvalue weighted by molar-refractivity contribution is 0.240. The molecule has 0 saturated heterocycles. The van der Waals surface area contributed by atoms with E-state index in [2.05, 4.69) is 166 Å². The van der Waals surface area contributed by atoms with Crippen LogP contribution in [0.3, 0.4) is 0 Å². The number of hydrogen-bond acceptors (Lipinski definition) is 0. The zero-order valence-corrected chi connectivity index (χ0v) is 72.2. The van der Waals surface area contributed by atoms with Crippen LogP contribution in [0.25, 0.3) is 0 Å². The summed E-state index contributed by atoms with van der Waals surface area (Å²) in [6.45, 7) is 56.5. The topological polar surface area (TPSA) is 0 Å². The summed E-state index contributed by atoms with van der Waals surface area (Å²) in [4.78, 5) is 0. The second kappa shape index (κ2) is 51.2. The second-order valence-corrected chi connectivity index (χ2v) is 44.9. The van der Waals surface area contributed by atoms with Crippen molar-refractivity contribution >= 4 is 0 Å². The van der Waals surface area contributed by atoms with Crippen LogP contribution in [-0.4, -0.2) is 0 Å². The fraction of sp³-hybridized carbons (Fsp3) is 1.00. The molecule has 0 aromatic carbocycles. The third-order valence-corrected chi connectivity index (χ3v) is 23.9. The first-order valence-corrected chi connectivity index (χ1v) is 44.6. The highest BCUT2D eigenvalue weighted by Crippen LogP contribution is 2.39. The number of hydrogen-bond donors (Lipinski definition) is 0. The monoisotopic (exact) mass is 1350 g/mol. The summed E-state index contributed by atoms with van der Waals surface area (Å²) < 4.78 is 0. The van der Waals surface area contributed by atoms with Gasteiger partial charge in [0.05, 0.1) is 0 Å². The van der Waals surface area contributed by atoms with Gasteiger partial charge in [-0.3, -0.25) is 0 Å². The van der Waals surface area contributed by atoms with E-state index in [0.717, 1.165) is 47.3 Å². The predicted molar refractivity (Wildman–Crippen MR) is 442 cm³/mol. The molecule has 8 aliphatic carbocycles. The summed E-state index contributed by atoms with van der Waals surface area (Å²) in [7, 11) is 0. The lowest BCUT2D eigenvalue weighted by Gasteiger charge is -2.28. The zero-order valence-electron chi connectivity index (χ0n) is 72.2. The zero-order chi connectivity index (χ0) is 72.2. The standard InChI is InChI=1S/C14H28.2C13H26.2C12H24.2C11H22.C10H20/c1-14(2,3)12-8-7-11-13-9-5-4-6-10-13;1-13(2,3)11-7-6-10-12-8-4-5-9-12;1-13(2,3)11-7-10-12-8-5-4-6-9-12;1-12(2,3)10-6-9-11-7-4-5-8-11;1-12(2,3)10-9-11-7-5-4-6-8-11;1-11(2,3)9-8-10-6-4-5-7-10;1-11(2,3)9-10-7-5-4-6-8-10;1-10(2,3)8-9-6-4-5-7-9/h13H,4-12H2,1-3H3;2*12H,4-11H2,1-3H3;2*11H,4-10H2,1-3H3;2*10H,4-9H2,1-3H3;9H,4-8H2,1-3H3. The molecule has 0 amide bonds. The molecule has 0 bridgehead atoms. The largest absolute Gasteiger partial charge is 0.0602 e. The van der Waals surface area contributed by atoms with E-state index < -0.39 is 0 Å². The number of unbranched alkanes of at least 4 members (excludes halogenated alkanes) is 2. The van der Waals surface area contributed by atoms with Crippen molar-refractivity contribution in [1.82, 2.24) is 0 Å². The molecule has 8 fully saturated rings. The minimum atomic E-state index is 0.548. The van der Waals surface area contributed by atoms with Crippen molar-refractivity contribution in [3.8, 4) is 0 Å². The quantitative estimate of drug-likeness (QED) is 0.107. The van der Waals surface area contributed by atoms with Gasteiger partial charge in [0, 0.05) is 0 Å². The molecule has 0 nitrogen and oxygen atoms in total. The first kappa shape index (κ1) is 94.0. The fourth-order valence-electron chi connectivity index (χ4n) is 18.0. The Kier molecular flexibility index (Phi) is 50.2. The van der Waals surface area contributed by atoms with Crippen LogP contribution in [0.4, 0.5) is 0 Å². The van der Waals surface area contributed by atoms with E-state index in [0.29, 0.717) is 43.3 Å². The summed E-state index contributed by atoms with van der Waals surface area (Å²) in [6, 6.07) is 0. The molecule has 8 aliphatic rings. The Morgan fingerprint density at radius 1 is 0.146 bits per heavy atom. The molecular formula is C96H192. The molecule has 0 aromatic heterocycles. The molecule has 0 heteroatoms. The smallest absolute Gasteiger partial charge is 0.0380 e. The molecule has 8 saturated carbocycles. The minimum Gasteiger partial charge on any atom is -0.0602 e. The second-order valence-electron chi connectivity index (χ2n) is 44.9. The van der Waals surface area contributed by atoms with E-state index in [1.165, 1.54) is 360 Å². The maximum atomic E-state index is 2.36. The summed E-state index contributed by atoms with van der Waals surface area (Å²) >= 11 is 0. The molecule has 0 aliphatic heterocycles. The van der Waals surface area contributed by atoms with Gasteiger partial charge in [0.1, 0.15) is 0 Å². The molecule has 0 unspecified atom stereocenters. The summed E-state index contributed by atoms with van der Waals surface area (Å²) in [5, 5.41) is 0. The van der Waals surface area contributed by atoms with E-state index >= 15 is 0 Å². The fourth-order valence-corrected chi connectivity index (χ4v) is 18.0. The van der Waals surface area contributed by atoms with Crippen molar-refractivity contribution in [3.05, 3.63) is 0 Å². The third kappa shape index (κ3) is 64.8. The molecule has 0 heterocycles. The van der Waals surface area contributed by atoms with Crippen molar-refractivity contribution < 1.29 is 0 Å². The van der Waals surface area contributed by atoms with E-state index in [9.17, 15) is 0 Å². The van der Waals surface area contributed by atoms with Crippen molar-refractivity contribution in [1.29, 1.82) is 0 Å². The van der Waals surface area contributed by atoms with E-state index in [4.69, 9.17) is 0 Å². The van der Waals surface area contributed by atoms with Gasteiger partial charge in [-0.1, -0.05) is 462 Å². The molecule has 576 valence electrons. The van der Waals surface area contributed by atoms with E-state index in [-0.39, 0.29) is 0 Å². The average molecular weight is 1350 g/mol. The third-order valence-electron chi connectivity index (χ3n) is 23.9. The first-order valence-electron chi connectivity index (χ1n) is 44.6. The molecule has 0 spiro atoms.